The Morgan fingerprint density at radius 2 is 1.79 bits per heavy atom. The normalized spacial score (nSPS) is 17.1. The molecule has 0 atom stereocenters. The van der Waals surface area contributed by atoms with E-state index in [1.54, 1.807) is 20.8 Å². The molecule has 7 heteroatoms. The lowest BCUT2D eigenvalue weighted by molar-refractivity contribution is 0.194. The van der Waals surface area contributed by atoms with E-state index in [1.165, 1.54) is 5.56 Å². The third kappa shape index (κ3) is 7.48. The predicted octanol–water partition coefficient (Wildman–Crippen LogP) is 2.50. The molecular formula is C22H36N4O2S. The molecule has 0 aromatic heterocycles. The third-order valence-corrected chi connectivity index (χ3v) is 7.62. The van der Waals surface area contributed by atoms with Gasteiger partial charge in [0.2, 0.25) is 0 Å². The van der Waals surface area contributed by atoms with E-state index in [-0.39, 0.29) is 5.75 Å². The molecule has 6 nitrogen and oxygen atoms in total. The van der Waals surface area contributed by atoms with E-state index in [9.17, 15) is 8.42 Å². The van der Waals surface area contributed by atoms with Crippen LogP contribution in [0.3, 0.4) is 0 Å². The van der Waals surface area contributed by atoms with E-state index < -0.39 is 14.6 Å². The standard InChI is InChI=1S/C22H36N4O2S/c1-5-23-21(24-13-19-29(27,28)22(2,3)4)26-17-15-25(16-18-26)14-9-12-20-10-7-6-8-11-20/h6-12H,5,13-19H2,1-4H3,(H,23,24)/b12-9+. The first-order chi connectivity index (χ1) is 13.7. The summed E-state index contributed by atoms with van der Waals surface area (Å²) in [5, 5.41) is 3.31. The van der Waals surface area contributed by atoms with Crippen LogP contribution in [0.4, 0.5) is 0 Å². The second-order valence-electron chi connectivity index (χ2n) is 8.27. The fourth-order valence-electron chi connectivity index (χ4n) is 3.05. The van der Waals surface area contributed by atoms with Gasteiger partial charge in [0, 0.05) is 39.3 Å². The molecule has 0 bridgehead atoms. The molecule has 0 spiro atoms. The fourth-order valence-corrected chi connectivity index (χ4v) is 3.99. The van der Waals surface area contributed by atoms with Crippen molar-refractivity contribution in [3.05, 3.63) is 42.0 Å². The van der Waals surface area contributed by atoms with Crippen molar-refractivity contribution < 1.29 is 8.42 Å². The molecule has 0 radical (unpaired) electrons. The number of nitrogens with one attached hydrogen (secondary N) is 1. The van der Waals surface area contributed by atoms with Crippen molar-refractivity contribution in [3.63, 3.8) is 0 Å². The van der Waals surface area contributed by atoms with Crippen LogP contribution in [0.15, 0.2) is 41.4 Å². The molecule has 1 aliphatic heterocycles. The first-order valence-corrected chi connectivity index (χ1v) is 12.1. The van der Waals surface area contributed by atoms with Gasteiger partial charge in [-0.1, -0.05) is 42.5 Å². The minimum Gasteiger partial charge on any atom is -0.357 e. The molecule has 0 saturated carbocycles. The zero-order valence-electron chi connectivity index (χ0n) is 18.3. The summed E-state index contributed by atoms with van der Waals surface area (Å²) in [7, 11) is -3.15. The Hall–Kier alpha value is -1.86. The van der Waals surface area contributed by atoms with Gasteiger partial charge >= 0.3 is 0 Å². The first kappa shape index (κ1) is 23.4. The lowest BCUT2D eigenvalue weighted by Gasteiger charge is -2.36. The predicted molar refractivity (Wildman–Crippen MR) is 123 cm³/mol. The number of piperazine rings is 1. The van der Waals surface area contributed by atoms with Gasteiger partial charge in [-0.05, 0) is 33.3 Å². The van der Waals surface area contributed by atoms with Gasteiger partial charge in [0.15, 0.2) is 15.8 Å². The first-order valence-electron chi connectivity index (χ1n) is 10.4. The quantitative estimate of drug-likeness (QED) is 0.542. The van der Waals surface area contributed by atoms with Crippen LogP contribution in [0.5, 0.6) is 0 Å². The lowest BCUT2D eigenvalue weighted by atomic mass is 10.2. The molecule has 0 unspecified atom stereocenters. The van der Waals surface area contributed by atoms with Crippen LogP contribution in [-0.2, 0) is 9.84 Å². The Morgan fingerprint density at radius 1 is 1.14 bits per heavy atom. The number of rotatable bonds is 7. The molecule has 1 aromatic rings. The topological polar surface area (TPSA) is 65.0 Å². The second kappa shape index (κ2) is 10.8. The van der Waals surface area contributed by atoms with Crippen molar-refractivity contribution in [2.45, 2.75) is 32.4 Å². The summed E-state index contributed by atoms with van der Waals surface area (Å²) >= 11 is 0. The summed E-state index contributed by atoms with van der Waals surface area (Å²) in [5.41, 5.74) is 1.22. The molecule has 1 saturated heterocycles. The summed E-state index contributed by atoms with van der Waals surface area (Å²) in [6.07, 6.45) is 4.37. The SMILES string of the molecule is CCNC(=NCCS(=O)(=O)C(C)(C)C)N1CCN(C/C=C/c2ccccc2)CC1. The van der Waals surface area contributed by atoms with E-state index >= 15 is 0 Å². The van der Waals surface area contributed by atoms with Crippen molar-refractivity contribution in [1.29, 1.82) is 0 Å². The van der Waals surface area contributed by atoms with Crippen LogP contribution in [0.1, 0.15) is 33.3 Å². The van der Waals surface area contributed by atoms with E-state index in [0.717, 1.165) is 45.2 Å². The van der Waals surface area contributed by atoms with Gasteiger partial charge in [0.05, 0.1) is 17.0 Å². The van der Waals surface area contributed by atoms with Gasteiger partial charge in [-0.25, -0.2) is 8.42 Å². The maximum atomic E-state index is 12.3. The Bertz CT molecular complexity index is 775. The minimum atomic E-state index is -3.15. The Balaban J connectivity index is 1.85. The molecule has 162 valence electrons. The van der Waals surface area contributed by atoms with Crippen molar-refractivity contribution in [3.8, 4) is 0 Å². The summed E-state index contributed by atoms with van der Waals surface area (Å²) in [5.74, 6) is 0.895. The van der Waals surface area contributed by atoms with Crippen LogP contribution < -0.4 is 5.32 Å². The number of hydrogen-bond donors (Lipinski definition) is 1. The smallest absolute Gasteiger partial charge is 0.194 e. The summed E-state index contributed by atoms with van der Waals surface area (Å²) < 4.78 is 23.9. The maximum Gasteiger partial charge on any atom is 0.194 e. The highest BCUT2D eigenvalue weighted by molar-refractivity contribution is 7.92. The van der Waals surface area contributed by atoms with E-state index in [1.807, 2.05) is 25.1 Å². The van der Waals surface area contributed by atoms with Crippen LogP contribution in [0, 0.1) is 0 Å². The molecular weight excluding hydrogens is 384 g/mol. The molecule has 0 aliphatic carbocycles. The average Bonchev–Trinajstić information content (AvgIpc) is 2.68. The molecule has 2 rings (SSSR count). The second-order valence-corrected chi connectivity index (χ2v) is 11.1. The molecule has 1 heterocycles. The van der Waals surface area contributed by atoms with E-state index in [4.69, 9.17) is 0 Å². The third-order valence-electron chi connectivity index (χ3n) is 5.03. The van der Waals surface area contributed by atoms with Gasteiger partial charge in [0.1, 0.15) is 0 Å². The fraction of sp³-hybridized carbons (Fsp3) is 0.591. The van der Waals surface area contributed by atoms with Gasteiger partial charge in [-0.3, -0.25) is 9.89 Å². The van der Waals surface area contributed by atoms with Gasteiger partial charge in [-0.15, -0.1) is 0 Å². The largest absolute Gasteiger partial charge is 0.357 e. The van der Waals surface area contributed by atoms with Crippen LogP contribution in [-0.4, -0.2) is 80.5 Å². The zero-order chi connectivity index (χ0) is 21.3. The molecule has 1 aliphatic rings. The van der Waals surface area contributed by atoms with Crippen LogP contribution in [0.25, 0.3) is 6.08 Å². The van der Waals surface area contributed by atoms with E-state index in [2.05, 4.69) is 44.4 Å². The molecule has 29 heavy (non-hydrogen) atoms. The van der Waals surface area contributed by atoms with Crippen molar-refractivity contribution in [1.82, 2.24) is 15.1 Å². The van der Waals surface area contributed by atoms with E-state index in [0.29, 0.717) is 6.54 Å². The summed E-state index contributed by atoms with van der Waals surface area (Å²) in [4.78, 5) is 9.23. The van der Waals surface area contributed by atoms with Gasteiger partial charge in [-0.2, -0.15) is 0 Å². The average molecular weight is 421 g/mol. The van der Waals surface area contributed by atoms with Crippen LogP contribution >= 0.6 is 0 Å². The highest BCUT2D eigenvalue weighted by Gasteiger charge is 2.28. The number of guanidine groups is 1. The Labute approximate surface area is 176 Å². The molecule has 1 aromatic carbocycles. The molecule has 1 N–H and O–H groups in total. The number of sulfone groups is 1. The molecule has 1 fully saturated rings. The number of hydrogen-bond acceptors (Lipinski definition) is 4. The zero-order valence-corrected chi connectivity index (χ0v) is 19.1. The van der Waals surface area contributed by atoms with Crippen LogP contribution in [0.2, 0.25) is 0 Å². The molecule has 0 amide bonds. The summed E-state index contributed by atoms with van der Waals surface area (Å²) in [6, 6.07) is 10.3. The van der Waals surface area contributed by atoms with Crippen molar-refractivity contribution in [2.75, 3.05) is 51.6 Å². The minimum absolute atomic E-state index is 0.0790. The lowest BCUT2D eigenvalue weighted by Crippen LogP contribution is -2.52. The highest BCUT2D eigenvalue weighted by atomic mass is 32.2. The number of benzene rings is 1. The van der Waals surface area contributed by atoms with Crippen molar-refractivity contribution in [2.24, 2.45) is 4.99 Å². The number of aliphatic imine (C=N–C) groups is 1. The number of nitrogens with zero attached hydrogens (tertiary/aromatic N) is 3. The monoisotopic (exact) mass is 420 g/mol. The Kier molecular flexibility index (Phi) is 8.71. The highest BCUT2D eigenvalue weighted by Crippen LogP contribution is 2.15. The van der Waals surface area contributed by atoms with Gasteiger partial charge in [0.25, 0.3) is 0 Å². The van der Waals surface area contributed by atoms with Crippen molar-refractivity contribution >= 4 is 21.9 Å². The summed E-state index contributed by atoms with van der Waals surface area (Å²) in [6.45, 7) is 12.9. The maximum absolute atomic E-state index is 12.3. The Morgan fingerprint density at radius 3 is 2.38 bits per heavy atom. The van der Waals surface area contributed by atoms with Gasteiger partial charge < -0.3 is 10.2 Å².